The number of alkyl halides is 3. The molecule has 9 heteroatoms. The molecule has 0 atom stereocenters. The van der Waals surface area contributed by atoms with Gasteiger partial charge >= 0.3 is 6.18 Å². The van der Waals surface area contributed by atoms with Crippen LogP contribution in [0.2, 0.25) is 5.15 Å². The lowest BCUT2D eigenvalue weighted by molar-refractivity contribution is -0.136. The summed E-state index contributed by atoms with van der Waals surface area (Å²) in [4.78, 5) is 3.85. The first-order chi connectivity index (χ1) is 12.6. The molecule has 27 heavy (non-hydrogen) atoms. The predicted molar refractivity (Wildman–Crippen MR) is 95.9 cm³/mol. The minimum Gasteiger partial charge on any atom is -0.493 e. The summed E-state index contributed by atoms with van der Waals surface area (Å²) in [7, 11) is 0. The van der Waals surface area contributed by atoms with Crippen molar-refractivity contribution in [3.8, 4) is 23.0 Å². The van der Waals surface area contributed by atoms with E-state index in [0.717, 1.165) is 10.7 Å². The average Bonchev–Trinajstić information content (AvgIpc) is 2.79. The maximum atomic E-state index is 13.9. The Bertz CT molecular complexity index is 976. The van der Waals surface area contributed by atoms with E-state index in [2.05, 4.69) is 10.4 Å². The first-order valence-corrected chi connectivity index (χ1v) is 8.19. The molecule has 0 aliphatic rings. The summed E-state index contributed by atoms with van der Waals surface area (Å²) in [5, 5.41) is 20.1. The van der Waals surface area contributed by atoms with Gasteiger partial charge in [-0.1, -0.05) is 41.9 Å². The van der Waals surface area contributed by atoms with Gasteiger partial charge in [-0.15, -0.1) is 0 Å². The second kappa shape index (κ2) is 6.70. The Morgan fingerprint density at radius 3 is 2.11 bits per heavy atom. The molecular weight excluding hydrogens is 383 g/mol. The lowest BCUT2D eigenvalue weighted by atomic mass is 10.0. The van der Waals surface area contributed by atoms with Gasteiger partial charge in [0.25, 0.3) is 0 Å². The van der Waals surface area contributed by atoms with Gasteiger partial charge in [0.1, 0.15) is 10.7 Å². The van der Waals surface area contributed by atoms with Crippen LogP contribution in [-0.2, 0) is 6.18 Å². The number of nitrogens with one attached hydrogen (secondary N) is 1. The van der Waals surface area contributed by atoms with Crippen LogP contribution in [0, 0.1) is 13.8 Å². The third-order valence-electron chi connectivity index (χ3n) is 4.21. The van der Waals surface area contributed by atoms with Crippen LogP contribution in [0.3, 0.4) is 0 Å². The molecule has 1 aromatic carbocycles. The zero-order valence-electron chi connectivity index (χ0n) is 14.3. The highest BCUT2D eigenvalue weighted by Gasteiger charge is 2.38. The number of hydrogen-bond acceptors (Lipinski definition) is 4. The van der Waals surface area contributed by atoms with E-state index in [9.17, 15) is 23.4 Å². The molecule has 2 heterocycles. The van der Waals surface area contributed by atoms with Crippen LogP contribution in [0.25, 0.3) is 11.3 Å². The highest BCUT2D eigenvalue weighted by molar-refractivity contribution is 6.29. The molecule has 0 amide bonds. The first-order valence-electron chi connectivity index (χ1n) is 7.81. The number of nitrogens with zero attached hydrogens (tertiary/aromatic N) is 2. The van der Waals surface area contributed by atoms with Crippen molar-refractivity contribution in [2.24, 2.45) is 0 Å². The number of benzene rings is 1. The minimum atomic E-state index is -4.77. The van der Waals surface area contributed by atoms with Crippen LogP contribution < -0.4 is 5.43 Å². The third-order valence-corrected chi connectivity index (χ3v) is 4.40. The lowest BCUT2D eigenvalue weighted by Crippen LogP contribution is -2.17. The molecule has 3 aromatic rings. The standard InChI is InChI=1S/C18H15ClF3N3O2/c1-9-10(2)17(27)25(16(9)26)24-12-8-13(19)23-15(14(12)18(20,21)22)11-6-4-3-5-7-11/h3-8,26-27H,1-2H3,(H,23,24). The zero-order chi connectivity index (χ0) is 19.9. The number of hydrogen-bond donors (Lipinski definition) is 3. The number of anilines is 1. The molecule has 0 bridgehead atoms. The van der Waals surface area contributed by atoms with Crippen LogP contribution >= 0.6 is 11.6 Å². The van der Waals surface area contributed by atoms with Crippen molar-refractivity contribution >= 4 is 17.3 Å². The van der Waals surface area contributed by atoms with Gasteiger partial charge in [0, 0.05) is 22.8 Å². The molecule has 0 saturated carbocycles. The van der Waals surface area contributed by atoms with Gasteiger partial charge in [0.2, 0.25) is 11.8 Å². The van der Waals surface area contributed by atoms with E-state index in [0.29, 0.717) is 11.1 Å². The molecule has 0 aliphatic carbocycles. The number of rotatable bonds is 3. The van der Waals surface area contributed by atoms with Gasteiger partial charge in [0.05, 0.1) is 11.4 Å². The largest absolute Gasteiger partial charge is 0.493 e. The molecule has 3 N–H and O–H groups in total. The van der Waals surface area contributed by atoms with Crippen molar-refractivity contribution in [1.29, 1.82) is 0 Å². The molecule has 0 fully saturated rings. The van der Waals surface area contributed by atoms with E-state index in [4.69, 9.17) is 11.6 Å². The molecule has 3 rings (SSSR count). The van der Waals surface area contributed by atoms with Gasteiger partial charge in [-0.3, -0.25) is 5.43 Å². The summed E-state index contributed by atoms with van der Waals surface area (Å²) in [5.41, 5.74) is 1.40. The smallest absolute Gasteiger partial charge is 0.420 e. The summed E-state index contributed by atoms with van der Waals surface area (Å²) in [6, 6.07) is 8.79. The van der Waals surface area contributed by atoms with Crippen LogP contribution in [0.15, 0.2) is 36.4 Å². The fourth-order valence-corrected chi connectivity index (χ4v) is 2.88. The number of halogens is 4. The van der Waals surface area contributed by atoms with Gasteiger partial charge in [0.15, 0.2) is 0 Å². The molecule has 142 valence electrons. The van der Waals surface area contributed by atoms with E-state index in [1.165, 1.54) is 26.0 Å². The lowest BCUT2D eigenvalue weighted by Gasteiger charge is -2.19. The van der Waals surface area contributed by atoms with Crippen molar-refractivity contribution in [2.75, 3.05) is 5.43 Å². The van der Waals surface area contributed by atoms with Crippen LogP contribution in [0.4, 0.5) is 18.9 Å². The van der Waals surface area contributed by atoms with Crippen molar-refractivity contribution in [3.63, 3.8) is 0 Å². The maximum Gasteiger partial charge on any atom is 0.420 e. The van der Waals surface area contributed by atoms with E-state index in [-0.39, 0.29) is 16.4 Å². The number of aromatic hydroxyl groups is 2. The molecule has 5 nitrogen and oxygen atoms in total. The summed E-state index contributed by atoms with van der Waals surface area (Å²) >= 11 is 5.95. The Hall–Kier alpha value is -2.87. The minimum absolute atomic E-state index is 0.177. The molecule has 0 saturated heterocycles. The van der Waals surface area contributed by atoms with E-state index < -0.39 is 29.2 Å². The summed E-state index contributed by atoms with van der Waals surface area (Å²) < 4.78 is 42.3. The van der Waals surface area contributed by atoms with Gasteiger partial charge in [-0.05, 0) is 13.8 Å². The molecule has 0 unspecified atom stereocenters. The van der Waals surface area contributed by atoms with Crippen LogP contribution in [-0.4, -0.2) is 19.9 Å². The zero-order valence-corrected chi connectivity index (χ0v) is 15.0. The average molecular weight is 398 g/mol. The Kier molecular flexibility index (Phi) is 4.69. The first kappa shape index (κ1) is 18.9. The van der Waals surface area contributed by atoms with Crippen LogP contribution in [0.1, 0.15) is 16.7 Å². The summed E-state index contributed by atoms with van der Waals surface area (Å²) in [6.07, 6.45) is -4.77. The topological polar surface area (TPSA) is 70.3 Å². The molecule has 0 aliphatic heterocycles. The summed E-state index contributed by atoms with van der Waals surface area (Å²) in [6.45, 7) is 3.06. The highest BCUT2D eigenvalue weighted by Crippen LogP contribution is 2.43. The van der Waals surface area contributed by atoms with Gasteiger partial charge in [-0.25, -0.2) is 4.98 Å². The van der Waals surface area contributed by atoms with Gasteiger partial charge < -0.3 is 10.2 Å². The molecular formula is C18H15ClF3N3O2. The highest BCUT2D eigenvalue weighted by atomic mass is 35.5. The Labute approximate surface area is 157 Å². The quantitative estimate of drug-likeness (QED) is 0.536. The Morgan fingerprint density at radius 2 is 1.59 bits per heavy atom. The van der Waals surface area contributed by atoms with Crippen LogP contribution in [0.5, 0.6) is 11.8 Å². The monoisotopic (exact) mass is 397 g/mol. The molecule has 2 aromatic heterocycles. The van der Waals surface area contributed by atoms with E-state index >= 15 is 0 Å². The predicted octanol–water partition coefficient (Wildman–Crippen LogP) is 5.13. The SMILES string of the molecule is Cc1c(C)c(O)n(Nc2cc(Cl)nc(-c3ccccc3)c2C(F)(F)F)c1O. The maximum absolute atomic E-state index is 13.9. The van der Waals surface area contributed by atoms with Crippen molar-refractivity contribution < 1.29 is 23.4 Å². The van der Waals surface area contributed by atoms with Crippen molar-refractivity contribution in [3.05, 3.63) is 58.2 Å². The fourth-order valence-electron chi connectivity index (χ4n) is 2.69. The van der Waals surface area contributed by atoms with Crippen molar-refractivity contribution in [2.45, 2.75) is 20.0 Å². The third kappa shape index (κ3) is 3.40. The van der Waals surface area contributed by atoms with E-state index in [1.807, 2.05) is 0 Å². The normalized spacial score (nSPS) is 11.6. The van der Waals surface area contributed by atoms with Crippen molar-refractivity contribution in [1.82, 2.24) is 9.66 Å². The second-order valence-electron chi connectivity index (χ2n) is 5.92. The fraction of sp³-hybridized carbons (Fsp3) is 0.167. The Balaban J connectivity index is 2.25. The molecule has 0 spiro atoms. The van der Waals surface area contributed by atoms with E-state index in [1.54, 1.807) is 18.2 Å². The summed E-state index contributed by atoms with van der Waals surface area (Å²) in [5.74, 6) is -0.820. The van der Waals surface area contributed by atoms with Gasteiger partial charge in [-0.2, -0.15) is 17.8 Å². The molecule has 0 radical (unpaired) electrons. The number of aromatic nitrogens is 2. The number of pyridine rings is 1. The second-order valence-corrected chi connectivity index (χ2v) is 6.31. The Morgan fingerprint density at radius 1 is 1.04 bits per heavy atom.